The van der Waals surface area contributed by atoms with E-state index in [4.69, 9.17) is 4.74 Å². The van der Waals surface area contributed by atoms with Crippen molar-refractivity contribution in [1.82, 2.24) is 4.90 Å². The fourth-order valence-electron chi connectivity index (χ4n) is 3.23. The number of allylic oxidation sites excluding steroid dienone is 2. The van der Waals surface area contributed by atoms with Crippen molar-refractivity contribution in [2.24, 2.45) is 0 Å². The van der Waals surface area contributed by atoms with Crippen LogP contribution in [0, 0.1) is 0 Å². The normalized spacial score (nSPS) is 27.1. The quantitative estimate of drug-likeness (QED) is 0.822. The summed E-state index contributed by atoms with van der Waals surface area (Å²) in [6, 6.07) is 11.8. The molecule has 2 aliphatic rings. The van der Waals surface area contributed by atoms with Gasteiger partial charge in [0.15, 0.2) is 0 Å². The van der Waals surface area contributed by atoms with Crippen molar-refractivity contribution in [3.8, 4) is 0 Å². The Hall–Kier alpha value is -1.38. The minimum atomic E-state index is 0.527. The first-order chi connectivity index (χ1) is 9.36. The molecule has 3 rings (SSSR count). The molecule has 0 amide bonds. The summed E-state index contributed by atoms with van der Waals surface area (Å²) in [4.78, 5) is 2.62. The van der Waals surface area contributed by atoms with Gasteiger partial charge in [0, 0.05) is 18.6 Å². The first-order valence-electron chi connectivity index (χ1n) is 7.04. The van der Waals surface area contributed by atoms with Gasteiger partial charge in [0.2, 0.25) is 0 Å². The van der Waals surface area contributed by atoms with E-state index < -0.39 is 0 Å². The Morgan fingerprint density at radius 3 is 2.47 bits per heavy atom. The lowest BCUT2D eigenvalue weighted by Gasteiger charge is -2.46. The molecule has 2 unspecified atom stereocenters. The maximum atomic E-state index is 5.74. The van der Waals surface area contributed by atoms with Gasteiger partial charge in [-0.05, 0) is 18.4 Å². The van der Waals surface area contributed by atoms with E-state index in [2.05, 4.69) is 47.9 Å². The number of ether oxygens (including phenoxy) is 1. The number of nitrogens with zero attached hydrogens (tertiary/aromatic N) is 1. The summed E-state index contributed by atoms with van der Waals surface area (Å²) in [5, 5.41) is 0. The number of fused-ring (bicyclic) bond motifs is 2. The number of piperidine rings is 1. The minimum absolute atomic E-state index is 0.527. The van der Waals surface area contributed by atoms with Crippen LogP contribution in [0.3, 0.4) is 0 Å². The molecule has 2 saturated heterocycles. The molecule has 2 heterocycles. The van der Waals surface area contributed by atoms with Crippen LogP contribution in [0.2, 0.25) is 0 Å². The average molecular weight is 255 g/mol. The second-order valence-corrected chi connectivity index (χ2v) is 5.47. The van der Waals surface area contributed by atoms with Crippen molar-refractivity contribution in [3.63, 3.8) is 0 Å². The molecule has 0 radical (unpaired) electrons. The SMILES string of the molecule is C=CC=C1CC2COCC(C1)N2Cc1ccccc1. The van der Waals surface area contributed by atoms with Crippen LogP contribution in [0.25, 0.3) is 0 Å². The van der Waals surface area contributed by atoms with Gasteiger partial charge in [-0.2, -0.15) is 0 Å². The highest BCUT2D eigenvalue weighted by Gasteiger charge is 2.36. The van der Waals surface area contributed by atoms with Crippen LogP contribution in [0.15, 0.2) is 54.6 Å². The van der Waals surface area contributed by atoms with E-state index in [1.807, 2.05) is 6.08 Å². The Morgan fingerprint density at radius 1 is 1.16 bits per heavy atom. The summed E-state index contributed by atoms with van der Waals surface area (Å²) in [6.45, 7) is 6.57. The van der Waals surface area contributed by atoms with Gasteiger partial charge in [0.05, 0.1) is 13.2 Å². The summed E-state index contributed by atoms with van der Waals surface area (Å²) in [6.07, 6.45) is 6.34. The Kier molecular flexibility index (Phi) is 3.81. The van der Waals surface area contributed by atoms with E-state index in [-0.39, 0.29) is 0 Å². The van der Waals surface area contributed by atoms with Crippen molar-refractivity contribution >= 4 is 0 Å². The molecule has 2 nitrogen and oxygen atoms in total. The fraction of sp³-hybridized carbons (Fsp3) is 0.412. The minimum Gasteiger partial charge on any atom is -0.378 e. The van der Waals surface area contributed by atoms with Crippen molar-refractivity contribution in [2.45, 2.75) is 31.5 Å². The van der Waals surface area contributed by atoms with E-state index >= 15 is 0 Å². The molecule has 0 aliphatic carbocycles. The van der Waals surface area contributed by atoms with Gasteiger partial charge in [0.25, 0.3) is 0 Å². The van der Waals surface area contributed by atoms with Crippen molar-refractivity contribution in [1.29, 1.82) is 0 Å². The molecule has 2 heteroatoms. The van der Waals surface area contributed by atoms with Gasteiger partial charge in [-0.1, -0.05) is 54.6 Å². The standard InChI is InChI=1S/C17H21NO/c1-2-6-15-9-16-12-19-13-17(10-15)18(16)11-14-7-4-3-5-8-14/h2-8,16-17H,1,9-13H2. The van der Waals surface area contributed by atoms with E-state index in [0.717, 1.165) is 32.6 Å². The Morgan fingerprint density at radius 2 is 1.84 bits per heavy atom. The summed E-state index contributed by atoms with van der Waals surface area (Å²) in [5.41, 5.74) is 2.92. The van der Waals surface area contributed by atoms with Crippen LogP contribution in [-0.2, 0) is 11.3 Å². The van der Waals surface area contributed by atoms with Crippen molar-refractivity contribution in [2.75, 3.05) is 13.2 Å². The fourth-order valence-corrected chi connectivity index (χ4v) is 3.23. The molecule has 100 valence electrons. The molecule has 2 atom stereocenters. The zero-order valence-corrected chi connectivity index (χ0v) is 11.3. The maximum absolute atomic E-state index is 5.74. The lowest BCUT2D eigenvalue weighted by molar-refractivity contribution is -0.0655. The number of hydrogen-bond acceptors (Lipinski definition) is 2. The third-order valence-corrected chi connectivity index (χ3v) is 4.12. The number of morpholine rings is 1. The van der Waals surface area contributed by atoms with Gasteiger partial charge in [-0.25, -0.2) is 0 Å². The van der Waals surface area contributed by atoms with Crippen LogP contribution in [0.4, 0.5) is 0 Å². The summed E-state index contributed by atoms with van der Waals surface area (Å²) < 4.78 is 5.74. The number of hydrogen-bond donors (Lipinski definition) is 0. The summed E-state index contributed by atoms with van der Waals surface area (Å²) in [5.74, 6) is 0. The largest absolute Gasteiger partial charge is 0.378 e. The molecule has 2 fully saturated rings. The van der Waals surface area contributed by atoms with E-state index in [1.165, 1.54) is 11.1 Å². The molecular weight excluding hydrogens is 234 g/mol. The summed E-state index contributed by atoms with van der Waals surface area (Å²) >= 11 is 0. The van der Waals surface area contributed by atoms with Gasteiger partial charge >= 0.3 is 0 Å². The molecule has 19 heavy (non-hydrogen) atoms. The topological polar surface area (TPSA) is 12.5 Å². The Labute approximate surface area is 115 Å². The predicted molar refractivity (Wildman–Crippen MR) is 77.9 cm³/mol. The molecule has 2 bridgehead atoms. The maximum Gasteiger partial charge on any atom is 0.0626 e. The summed E-state index contributed by atoms with van der Waals surface area (Å²) in [7, 11) is 0. The van der Waals surface area contributed by atoms with Gasteiger partial charge in [-0.15, -0.1) is 0 Å². The second-order valence-electron chi connectivity index (χ2n) is 5.47. The Balaban J connectivity index is 1.76. The van der Waals surface area contributed by atoms with Crippen molar-refractivity contribution < 1.29 is 4.74 Å². The lowest BCUT2D eigenvalue weighted by atomic mass is 9.89. The second kappa shape index (κ2) is 5.72. The highest BCUT2D eigenvalue weighted by Crippen LogP contribution is 2.32. The zero-order valence-electron chi connectivity index (χ0n) is 11.3. The first-order valence-corrected chi connectivity index (χ1v) is 7.04. The van der Waals surface area contributed by atoms with E-state index in [0.29, 0.717) is 12.1 Å². The molecule has 0 spiro atoms. The van der Waals surface area contributed by atoms with E-state index in [9.17, 15) is 0 Å². The zero-order chi connectivity index (χ0) is 13.1. The molecule has 1 aromatic rings. The third-order valence-electron chi connectivity index (χ3n) is 4.12. The highest BCUT2D eigenvalue weighted by molar-refractivity contribution is 5.20. The Bertz CT molecular complexity index is 449. The number of rotatable bonds is 3. The van der Waals surface area contributed by atoms with Crippen LogP contribution in [0.1, 0.15) is 18.4 Å². The first kappa shape index (κ1) is 12.6. The van der Waals surface area contributed by atoms with Gasteiger partial charge in [0.1, 0.15) is 0 Å². The number of benzene rings is 1. The monoisotopic (exact) mass is 255 g/mol. The average Bonchev–Trinajstić information content (AvgIpc) is 2.41. The van der Waals surface area contributed by atoms with Gasteiger partial charge in [-0.3, -0.25) is 4.90 Å². The van der Waals surface area contributed by atoms with Crippen LogP contribution in [-0.4, -0.2) is 30.2 Å². The van der Waals surface area contributed by atoms with Crippen LogP contribution < -0.4 is 0 Å². The molecule has 0 N–H and O–H groups in total. The molecular formula is C17H21NO. The van der Waals surface area contributed by atoms with Crippen molar-refractivity contribution in [3.05, 3.63) is 60.2 Å². The predicted octanol–water partition coefficient (Wildman–Crippen LogP) is 3.16. The smallest absolute Gasteiger partial charge is 0.0626 e. The molecule has 2 aliphatic heterocycles. The lowest BCUT2D eigenvalue weighted by Crippen LogP contribution is -2.54. The third kappa shape index (κ3) is 2.80. The molecule has 0 aromatic heterocycles. The highest BCUT2D eigenvalue weighted by atomic mass is 16.5. The molecule has 1 aromatic carbocycles. The van der Waals surface area contributed by atoms with E-state index in [1.54, 1.807) is 0 Å². The van der Waals surface area contributed by atoms with Crippen LogP contribution >= 0.6 is 0 Å². The van der Waals surface area contributed by atoms with Gasteiger partial charge < -0.3 is 4.74 Å². The van der Waals surface area contributed by atoms with Crippen LogP contribution in [0.5, 0.6) is 0 Å². The molecule has 0 saturated carbocycles.